The predicted molar refractivity (Wildman–Crippen MR) is 72.0 cm³/mol. The van der Waals surface area contributed by atoms with Gasteiger partial charge in [0, 0.05) is 17.6 Å². The van der Waals surface area contributed by atoms with Crippen LogP contribution < -0.4 is 11.1 Å². The minimum atomic E-state index is -0.0314. The fourth-order valence-corrected chi connectivity index (χ4v) is 1.72. The molecular formula is C13H18N4O. The number of carbonyl (C=O) groups is 1. The molecule has 0 fully saturated rings. The van der Waals surface area contributed by atoms with Crippen molar-refractivity contribution in [1.29, 1.82) is 0 Å². The van der Waals surface area contributed by atoms with Crippen LogP contribution in [0.25, 0.3) is 10.9 Å². The molecule has 0 aliphatic carbocycles. The van der Waals surface area contributed by atoms with Gasteiger partial charge in [-0.1, -0.05) is 13.8 Å². The fraction of sp³-hybridized carbons (Fsp3) is 0.385. The van der Waals surface area contributed by atoms with Crippen LogP contribution in [0.2, 0.25) is 0 Å². The molecule has 0 unspecified atom stereocenters. The number of hydrogen-bond acceptors (Lipinski definition) is 3. The van der Waals surface area contributed by atoms with Crippen molar-refractivity contribution in [3.8, 4) is 0 Å². The molecular weight excluding hydrogens is 228 g/mol. The van der Waals surface area contributed by atoms with Crippen LogP contribution in [0.15, 0.2) is 24.4 Å². The first kappa shape index (κ1) is 12.4. The van der Waals surface area contributed by atoms with Crippen LogP contribution in [-0.4, -0.2) is 22.2 Å². The minimum absolute atomic E-state index is 0.0314. The van der Waals surface area contributed by atoms with Crippen LogP contribution in [0.3, 0.4) is 0 Å². The Kier molecular flexibility index (Phi) is 3.50. The summed E-state index contributed by atoms with van der Waals surface area (Å²) in [5, 5.41) is 8.06. The maximum Gasteiger partial charge on any atom is 0.241 e. The lowest BCUT2D eigenvalue weighted by atomic mass is 10.2. The van der Waals surface area contributed by atoms with Gasteiger partial charge >= 0.3 is 0 Å². The smallest absolute Gasteiger partial charge is 0.241 e. The van der Waals surface area contributed by atoms with Gasteiger partial charge in [0.2, 0.25) is 5.91 Å². The Morgan fingerprint density at radius 1 is 1.50 bits per heavy atom. The van der Waals surface area contributed by atoms with E-state index in [4.69, 9.17) is 5.73 Å². The number of benzene rings is 1. The second kappa shape index (κ2) is 5.08. The molecule has 0 aliphatic heterocycles. The van der Waals surface area contributed by atoms with E-state index in [9.17, 15) is 4.79 Å². The Hall–Kier alpha value is -2.04. The Labute approximate surface area is 106 Å². The van der Waals surface area contributed by atoms with Gasteiger partial charge in [0.1, 0.15) is 6.54 Å². The van der Waals surface area contributed by atoms with E-state index in [0.717, 1.165) is 10.9 Å². The molecule has 0 spiro atoms. The molecule has 1 amide bonds. The van der Waals surface area contributed by atoms with Crippen molar-refractivity contribution in [2.45, 2.75) is 20.4 Å². The Morgan fingerprint density at radius 3 is 3.00 bits per heavy atom. The third kappa shape index (κ3) is 2.80. The van der Waals surface area contributed by atoms with E-state index in [2.05, 4.69) is 24.3 Å². The molecule has 5 nitrogen and oxygen atoms in total. The summed E-state index contributed by atoms with van der Waals surface area (Å²) in [4.78, 5) is 11.7. The van der Waals surface area contributed by atoms with Crippen LogP contribution in [0, 0.1) is 5.92 Å². The molecule has 1 aromatic heterocycles. The molecule has 1 heterocycles. The van der Waals surface area contributed by atoms with E-state index < -0.39 is 0 Å². The Bertz CT molecular complexity index is 559. The van der Waals surface area contributed by atoms with Crippen LogP contribution >= 0.6 is 0 Å². The van der Waals surface area contributed by atoms with Gasteiger partial charge in [0.05, 0.1) is 11.7 Å². The standard InChI is InChI=1S/C13H18N4O/c1-9(2)6-15-13(18)8-17-12-5-11(14)4-3-10(12)7-16-17/h3-5,7,9H,6,8,14H2,1-2H3,(H,15,18). The fourth-order valence-electron chi connectivity index (χ4n) is 1.72. The molecule has 5 heteroatoms. The lowest BCUT2D eigenvalue weighted by Crippen LogP contribution is -2.30. The molecule has 2 rings (SSSR count). The number of nitrogens with zero attached hydrogens (tertiary/aromatic N) is 2. The van der Waals surface area contributed by atoms with E-state index in [-0.39, 0.29) is 12.5 Å². The van der Waals surface area contributed by atoms with Gasteiger partial charge in [-0.25, -0.2) is 0 Å². The highest BCUT2D eigenvalue weighted by molar-refractivity contribution is 5.84. The van der Waals surface area contributed by atoms with Crippen molar-refractivity contribution >= 4 is 22.5 Å². The van der Waals surface area contributed by atoms with Crippen molar-refractivity contribution in [3.05, 3.63) is 24.4 Å². The number of carbonyl (C=O) groups excluding carboxylic acids is 1. The lowest BCUT2D eigenvalue weighted by Gasteiger charge is -2.08. The van der Waals surface area contributed by atoms with Crippen LogP contribution in [0.5, 0.6) is 0 Å². The SMILES string of the molecule is CC(C)CNC(=O)Cn1ncc2ccc(N)cc21. The van der Waals surface area contributed by atoms with Gasteiger partial charge < -0.3 is 11.1 Å². The summed E-state index contributed by atoms with van der Waals surface area (Å²) in [6.07, 6.45) is 1.74. The molecule has 18 heavy (non-hydrogen) atoms. The summed E-state index contributed by atoms with van der Waals surface area (Å²) in [5.74, 6) is 0.412. The summed E-state index contributed by atoms with van der Waals surface area (Å²) in [6.45, 7) is 5.02. The molecule has 0 saturated carbocycles. The normalized spacial score (nSPS) is 11.1. The van der Waals surface area contributed by atoms with E-state index in [1.54, 1.807) is 10.9 Å². The molecule has 1 aromatic carbocycles. The van der Waals surface area contributed by atoms with E-state index in [1.807, 2.05) is 18.2 Å². The van der Waals surface area contributed by atoms with Gasteiger partial charge in [-0.05, 0) is 24.1 Å². The number of rotatable bonds is 4. The number of fused-ring (bicyclic) bond motifs is 1. The first-order chi connectivity index (χ1) is 8.56. The molecule has 2 aromatic rings. The van der Waals surface area contributed by atoms with Crippen LogP contribution in [0.1, 0.15) is 13.8 Å². The number of anilines is 1. The lowest BCUT2D eigenvalue weighted by molar-refractivity contribution is -0.121. The predicted octanol–water partition coefficient (Wildman–Crippen LogP) is 1.39. The molecule has 96 valence electrons. The Morgan fingerprint density at radius 2 is 2.28 bits per heavy atom. The second-order valence-electron chi connectivity index (χ2n) is 4.82. The molecule has 0 bridgehead atoms. The summed E-state index contributed by atoms with van der Waals surface area (Å²) in [7, 11) is 0. The highest BCUT2D eigenvalue weighted by Gasteiger charge is 2.08. The van der Waals surface area contributed by atoms with Crippen molar-refractivity contribution in [2.75, 3.05) is 12.3 Å². The van der Waals surface area contributed by atoms with Gasteiger partial charge in [-0.2, -0.15) is 5.10 Å². The largest absolute Gasteiger partial charge is 0.399 e. The van der Waals surface area contributed by atoms with Crippen LogP contribution in [0.4, 0.5) is 5.69 Å². The Balaban J connectivity index is 2.12. The maximum atomic E-state index is 11.7. The molecule has 3 N–H and O–H groups in total. The number of aromatic nitrogens is 2. The quantitative estimate of drug-likeness (QED) is 0.801. The summed E-state index contributed by atoms with van der Waals surface area (Å²) in [6, 6.07) is 5.56. The van der Waals surface area contributed by atoms with Gasteiger partial charge in [0.25, 0.3) is 0 Å². The van der Waals surface area contributed by atoms with Crippen molar-refractivity contribution in [2.24, 2.45) is 5.92 Å². The highest BCUT2D eigenvalue weighted by atomic mass is 16.2. The average Bonchev–Trinajstić information content (AvgIpc) is 2.69. The average molecular weight is 246 g/mol. The number of amides is 1. The first-order valence-electron chi connectivity index (χ1n) is 6.04. The molecule has 0 radical (unpaired) electrons. The van der Waals surface area contributed by atoms with Gasteiger partial charge in [0.15, 0.2) is 0 Å². The zero-order valence-corrected chi connectivity index (χ0v) is 10.7. The van der Waals surface area contributed by atoms with Crippen molar-refractivity contribution in [3.63, 3.8) is 0 Å². The molecule has 0 aliphatic rings. The number of nitrogens with one attached hydrogen (secondary N) is 1. The number of hydrogen-bond donors (Lipinski definition) is 2. The monoisotopic (exact) mass is 246 g/mol. The van der Waals surface area contributed by atoms with Gasteiger partial charge in [-0.3, -0.25) is 9.48 Å². The summed E-state index contributed by atoms with van der Waals surface area (Å²) >= 11 is 0. The zero-order chi connectivity index (χ0) is 13.1. The highest BCUT2D eigenvalue weighted by Crippen LogP contribution is 2.16. The summed E-state index contributed by atoms with van der Waals surface area (Å²) in [5.41, 5.74) is 7.30. The third-order valence-electron chi connectivity index (χ3n) is 2.67. The molecule has 0 atom stereocenters. The second-order valence-corrected chi connectivity index (χ2v) is 4.82. The van der Waals surface area contributed by atoms with E-state index in [0.29, 0.717) is 18.2 Å². The minimum Gasteiger partial charge on any atom is -0.399 e. The topological polar surface area (TPSA) is 72.9 Å². The molecule has 0 saturated heterocycles. The van der Waals surface area contributed by atoms with Crippen molar-refractivity contribution < 1.29 is 4.79 Å². The van der Waals surface area contributed by atoms with E-state index >= 15 is 0 Å². The zero-order valence-electron chi connectivity index (χ0n) is 10.7. The third-order valence-corrected chi connectivity index (χ3v) is 2.67. The van der Waals surface area contributed by atoms with Gasteiger partial charge in [-0.15, -0.1) is 0 Å². The van der Waals surface area contributed by atoms with Crippen molar-refractivity contribution in [1.82, 2.24) is 15.1 Å². The first-order valence-corrected chi connectivity index (χ1v) is 6.04. The van der Waals surface area contributed by atoms with E-state index in [1.165, 1.54) is 0 Å². The maximum absolute atomic E-state index is 11.7. The van der Waals surface area contributed by atoms with Crippen LogP contribution in [-0.2, 0) is 11.3 Å². The number of nitrogen functional groups attached to an aromatic ring is 1. The summed E-state index contributed by atoms with van der Waals surface area (Å²) < 4.78 is 1.67. The number of nitrogens with two attached hydrogens (primary N) is 1.